The minimum absolute atomic E-state index is 0.233. The molecule has 136 valence electrons. The molecular weight excluding hydrogens is 334 g/mol. The maximum absolute atomic E-state index is 11.9. The summed E-state index contributed by atoms with van der Waals surface area (Å²) in [6.07, 6.45) is 4.98. The summed E-state index contributed by atoms with van der Waals surface area (Å²) in [5.41, 5.74) is 1.06. The van der Waals surface area contributed by atoms with E-state index >= 15 is 0 Å². The van der Waals surface area contributed by atoms with Crippen molar-refractivity contribution in [1.82, 2.24) is 20.2 Å². The molecule has 1 aliphatic rings. The molecule has 1 aromatic heterocycles. The molecule has 1 atom stereocenters. The summed E-state index contributed by atoms with van der Waals surface area (Å²) in [4.78, 5) is 36.1. The summed E-state index contributed by atoms with van der Waals surface area (Å²) in [6, 6.07) is 6.00. The van der Waals surface area contributed by atoms with E-state index in [1.54, 1.807) is 49.9 Å². The standard InChI is InChI=1S/C18H21N5O3/c1-19-17(24)14-4-2-3-13(11-14)16(18(25)26)23-9-7-22(8-10-23)15-12-20-5-6-21-15/h2-6,11-12,16H,7-10H2,1H3,(H,19,24)(H,25,26)/t16-/m0/s1. The van der Waals surface area contributed by atoms with Crippen LogP contribution in [-0.4, -0.2) is 65.1 Å². The molecule has 26 heavy (non-hydrogen) atoms. The zero-order valence-electron chi connectivity index (χ0n) is 14.5. The van der Waals surface area contributed by atoms with E-state index in [0.29, 0.717) is 37.3 Å². The van der Waals surface area contributed by atoms with Gasteiger partial charge in [-0.05, 0) is 17.7 Å². The van der Waals surface area contributed by atoms with E-state index in [1.165, 1.54) is 0 Å². The number of carbonyl (C=O) groups is 2. The third kappa shape index (κ3) is 3.80. The zero-order chi connectivity index (χ0) is 18.5. The first-order valence-electron chi connectivity index (χ1n) is 8.40. The van der Waals surface area contributed by atoms with Crippen LogP contribution in [-0.2, 0) is 4.79 Å². The lowest BCUT2D eigenvalue weighted by atomic mass is 10.0. The van der Waals surface area contributed by atoms with Gasteiger partial charge in [0.2, 0.25) is 0 Å². The van der Waals surface area contributed by atoms with Crippen LogP contribution in [0.3, 0.4) is 0 Å². The average molecular weight is 355 g/mol. The average Bonchev–Trinajstić information content (AvgIpc) is 2.69. The topological polar surface area (TPSA) is 98.7 Å². The Morgan fingerprint density at radius 1 is 1.19 bits per heavy atom. The third-order valence-electron chi connectivity index (χ3n) is 4.48. The van der Waals surface area contributed by atoms with Crippen molar-refractivity contribution < 1.29 is 14.7 Å². The summed E-state index contributed by atoms with van der Waals surface area (Å²) in [5.74, 6) is -0.365. The number of anilines is 1. The highest BCUT2D eigenvalue weighted by Crippen LogP contribution is 2.24. The molecule has 1 fully saturated rings. The molecule has 0 unspecified atom stereocenters. The third-order valence-corrected chi connectivity index (χ3v) is 4.48. The number of nitrogens with zero attached hydrogens (tertiary/aromatic N) is 4. The largest absolute Gasteiger partial charge is 0.480 e. The number of aromatic nitrogens is 2. The molecule has 2 heterocycles. The van der Waals surface area contributed by atoms with Crippen LogP contribution >= 0.6 is 0 Å². The Morgan fingerprint density at radius 2 is 1.96 bits per heavy atom. The van der Waals surface area contributed by atoms with Gasteiger partial charge in [0.15, 0.2) is 0 Å². The molecule has 1 aromatic carbocycles. The summed E-state index contributed by atoms with van der Waals surface area (Å²) in [6.45, 7) is 2.49. The number of hydrogen-bond donors (Lipinski definition) is 2. The van der Waals surface area contributed by atoms with Crippen molar-refractivity contribution in [1.29, 1.82) is 0 Å². The van der Waals surface area contributed by atoms with E-state index in [0.717, 1.165) is 5.82 Å². The van der Waals surface area contributed by atoms with Gasteiger partial charge in [0.1, 0.15) is 11.9 Å². The van der Waals surface area contributed by atoms with Crippen LogP contribution in [0, 0.1) is 0 Å². The van der Waals surface area contributed by atoms with Crippen LogP contribution < -0.4 is 10.2 Å². The molecule has 1 saturated heterocycles. The highest BCUT2D eigenvalue weighted by Gasteiger charge is 2.31. The van der Waals surface area contributed by atoms with Crippen molar-refractivity contribution >= 4 is 17.7 Å². The minimum atomic E-state index is -0.924. The minimum Gasteiger partial charge on any atom is -0.480 e. The Balaban J connectivity index is 1.76. The molecule has 0 spiro atoms. The van der Waals surface area contributed by atoms with Gasteiger partial charge in [0.25, 0.3) is 5.91 Å². The highest BCUT2D eigenvalue weighted by atomic mass is 16.4. The van der Waals surface area contributed by atoms with Crippen molar-refractivity contribution in [2.45, 2.75) is 6.04 Å². The second kappa shape index (κ2) is 7.92. The predicted octanol–water partition coefficient (Wildman–Crippen LogP) is 0.784. The van der Waals surface area contributed by atoms with Crippen LogP contribution in [0.5, 0.6) is 0 Å². The summed E-state index contributed by atoms with van der Waals surface area (Å²) in [5, 5.41) is 12.3. The summed E-state index contributed by atoms with van der Waals surface area (Å²) in [7, 11) is 1.55. The van der Waals surface area contributed by atoms with Crippen molar-refractivity contribution in [2.75, 3.05) is 38.1 Å². The molecule has 0 aliphatic carbocycles. The Hall–Kier alpha value is -3.00. The first-order valence-corrected chi connectivity index (χ1v) is 8.40. The molecule has 8 heteroatoms. The quantitative estimate of drug-likeness (QED) is 0.818. The van der Waals surface area contributed by atoms with Gasteiger partial charge in [-0.3, -0.25) is 19.5 Å². The van der Waals surface area contributed by atoms with Gasteiger partial charge >= 0.3 is 5.97 Å². The van der Waals surface area contributed by atoms with Gasteiger partial charge < -0.3 is 15.3 Å². The van der Waals surface area contributed by atoms with Crippen molar-refractivity contribution in [2.24, 2.45) is 0 Å². The Kier molecular flexibility index (Phi) is 5.43. The summed E-state index contributed by atoms with van der Waals surface area (Å²) >= 11 is 0. The van der Waals surface area contributed by atoms with Gasteiger partial charge in [-0.15, -0.1) is 0 Å². The number of carboxylic acids is 1. The molecule has 8 nitrogen and oxygen atoms in total. The monoisotopic (exact) mass is 355 g/mol. The van der Waals surface area contributed by atoms with Gasteiger partial charge in [-0.1, -0.05) is 12.1 Å². The number of aliphatic carboxylic acids is 1. The number of rotatable bonds is 5. The lowest BCUT2D eigenvalue weighted by Crippen LogP contribution is -2.49. The summed E-state index contributed by atoms with van der Waals surface area (Å²) < 4.78 is 0. The molecule has 0 radical (unpaired) electrons. The van der Waals surface area contributed by atoms with Crippen LogP contribution in [0.25, 0.3) is 0 Å². The molecule has 0 saturated carbocycles. The molecule has 2 N–H and O–H groups in total. The van der Waals surface area contributed by atoms with Gasteiger partial charge in [0, 0.05) is 51.2 Å². The van der Waals surface area contributed by atoms with E-state index in [9.17, 15) is 14.7 Å². The Bertz CT molecular complexity index is 775. The van der Waals surface area contributed by atoms with Gasteiger partial charge in [-0.2, -0.15) is 0 Å². The van der Waals surface area contributed by atoms with Crippen LogP contribution in [0.2, 0.25) is 0 Å². The van der Waals surface area contributed by atoms with Crippen molar-refractivity contribution in [3.63, 3.8) is 0 Å². The maximum Gasteiger partial charge on any atom is 0.325 e. The fourth-order valence-corrected chi connectivity index (χ4v) is 3.17. The number of carboxylic acid groups (broad SMARTS) is 1. The second-order valence-corrected chi connectivity index (χ2v) is 6.03. The first-order chi connectivity index (χ1) is 12.6. The van der Waals surface area contributed by atoms with Crippen LogP contribution in [0.1, 0.15) is 22.0 Å². The Morgan fingerprint density at radius 3 is 2.58 bits per heavy atom. The molecule has 3 rings (SSSR count). The fourth-order valence-electron chi connectivity index (χ4n) is 3.17. The number of hydrogen-bond acceptors (Lipinski definition) is 6. The lowest BCUT2D eigenvalue weighted by Gasteiger charge is -2.38. The van der Waals surface area contributed by atoms with Crippen LogP contribution in [0.15, 0.2) is 42.9 Å². The maximum atomic E-state index is 11.9. The van der Waals surface area contributed by atoms with E-state index in [-0.39, 0.29) is 5.91 Å². The van der Waals surface area contributed by atoms with Crippen molar-refractivity contribution in [3.05, 3.63) is 54.0 Å². The molecule has 0 bridgehead atoms. The second-order valence-electron chi connectivity index (χ2n) is 6.03. The Labute approximate surface area is 151 Å². The zero-order valence-corrected chi connectivity index (χ0v) is 14.5. The van der Waals surface area contributed by atoms with Gasteiger partial charge in [-0.25, -0.2) is 4.98 Å². The van der Waals surface area contributed by atoms with E-state index in [2.05, 4.69) is 20.2 Å². The molecule has 1 amide bonds. The highest BCUT2D eigenvalue weighted by molar-refractivity contribution is 5.94. The lowest BCUT2D eigenvalue weighted by molar-refractivity contribution is -0.143. The number of piperazine rings is 1. The number of benzene rings is 1. The number of amides is 1. The molecule has 1 aliphatic heterocycles. The SMILES string of the molecule is CNC(=O)c1cccc([C@@H](C(=O)O)N2CCN(c3cnccn3)CC2)c1. The fraction of sp³-hybridized carbons (Fsp3) is 0.333. The molecule has 2 aromatic rings. The van der Waals surface area contributed by atoms with E-state index in [1.807, 2.05) is 4.90 Å². The number of nitrogens with one attached hydrogen (secondary N) is 1. The first kappa shape index (κ1) is 17.8. The molecular formula is C18H21N5O3. The predicted molar refractivity (Wildman–Crippen MR) is 96.0 cm³/mol. The van der Waals surface area contributed by atoms with E-state index < -0.39 is 12.0 Å². The number of carbonyl (C=O) groups excluding carboxylic acids is 1. The van der Waals surface area contributed by atoms with Crippen LogP contribution in [0.4, 0.5) is 5.82 Å². The smallest absolute Gasteiger partial charge is 0.325 e. The van der Waals surface area contributed by atoms with Gasteiger partial charge in [0.05, 0.1) is 6.20 Å². The van der Waals surface area contributed by atoms with E-state index in [4.69, 9.17) is 0 Å². The normalized spacial score (nSPS) is 16.1. The van der Waals surface area contributed by atoms with Crippen molar-refractivity contribution in [3.8, 4) is 0 Å².